The number of β-amino-alcohol motifs (C(OH)–C–C–N with tert-alkyl or cyclic N) is 1. The minimum Gasteiger partial charge on any atom is -0.497 e. The number of piperidine rings is 1. The van der Waals surface area contributed by atoms with Gasteiger partial charge in [0.15, 0.2) is 0 Å². The summed E-state index contributed by atoms with van der Waals surface area (Å²) < 4.78 is 0. The van der Waals surface area contributed by atoms with E-state index in [0.29, 0.717) is 12.1 Å². The first kappa shape index (κ1) is 22.2. The number of aromatic hydroxyl groups is 1. The van der Waals surface area contributed by atoms with Crippen LogP contribution in [0, 0.1) is 30.3 Å². The van der Waals surface area contributed by atoms with Gasteiger partial charge >= 0.3 is 11.4 Å². The van der Waals surface area contributed by atoms with Crippen molar-refractivity contribution < 1.29 is 25.0 Å². The van der Waals surface area contributed by atoms with E-state index in [2.05, 4.69) is 25.7 Å². The molecule has 1 saturated heterocycles. The van der Waals surface area contributed by atoms with Gasteiger partial charge in [0.05, 0.1) is 33.0 Å². The standard InChI is InChI=1S/C9H19NO.C6H3N3O7/c1-9(2,3)10-6-4-5-8(11)7-10;10-6-4(8(13)14)1-3(7(11)12)2-5(6)9(15)16/h8,11H,4-7H2,1-3H3;1-2,10H. The van der Waals surface area contributed by atoms with Gasteiger partial charge in [0.25, 0.3) is 11.4 Å². The largest absolute Gasteiger partial charge is 0.497 e. The molecule has 1 heterocycles. The van der Waals surface area contributed by atoms with Gasteiger partial charge in [0.2, 0.25) is 0 Å². The number of aliphatic hydroxyl groups excluding tert-OH is 1. The Balaban J connectivity index is 0.000000289. The molecule has 0 amide bonds. The van der Waals surface area contributed by atoms with Crippen molar-refractivity contribution in [2.24, 2.45) is 0 Å². The molecule has 1 unspecified atom stereocenters. The molecule has 0 aliphatic carbocycles. The van der Waals surface area contributed by atoms with Crippen molar-refractivity contribution in [2.75, 3.05) is 13.1 Å². The van der Waals surface area contributed by atoms with Crippen LogP contribution in [0.3, 0.4) is 0 Å². The van der Waals surface area contributed by atoms with Crippen LogP contribution in [0.15, 0.2) is 12.1 Å². The van der Waals surface area contributed by atoms with Crippen LogP contribution < -0.4 is 0 Å². The zero-order valence-electron chi connectivity index (χ0n) is 15.2. The Morgan fingerprint density at radius 2 is 1.52 bits per heavy atom. The normalized spacial score (nSPS) is 17.6. The lowest BCUT2D eigenvalue weighted by atomic mass is 10.00. The van der Waals surface area contributed by atoms with Gasteiger partial charge in [0.1, 0.15) is 0 Å². The molecule has 150 valence electrons. The summed E-state index contributed by atoms with van der Waals surface area (Å²) in [7, 11) is 0. The van der Waals surface area contributed by atoms with Crippen molar-refractivity contribution in [3.63, 3.8) is 0 Å². The molecule has 1 fully saturated rings. The van der Waals surface area contributed by atoms with Crippen molar-refractivity contribution >= 4 is 17.1 Å². The highest BCUT2D eigenvalue weighted by Crippen LogP contribution is 2.38. The van der Waals surface area contributed by atoms with E-state index in [1.807, 2.05) is 0 Å². The number of hydrogen-bond donors (Lipinski definition) is 2. The molecule has 2 N–H and O–H groups in total. The summed E-state index contributed by atoms with van der Waals surface area (Å²) in [6.07, 6.45) is 2.02. The Morgan fingerprint density at radius 1 is 1.04 bits per heavy atom. The first-order valence-electron chi connectivity index (χ1n) is 8.08. The fourth-order valence-electron chi connectivity index (χ4n) is 2.54. The molecule has 0 radical (unpaired) electrons. The minimum absolute atomic E-state index is 0.0945. The summed E-state index contributed by atoms with van der Waals surface area (Å²) in [5, 5.41) is 49.6. The van der Waals surface area contributed by atoms with Gasteiger partial charge in [-0.1, -0.05) is 0 Å². The van der Waals surface area contributed by atoms with Crippen LogP contribution in [-0.4, -0.2) is 54.6 Å². The molecule has 27 heavy (non-hydrogen) atoms. The second-order valence-electron chi connectivity index (χ2n) is 7.02. The maximum Gasteiger partial charge on any atom is 0.324 e. The number of benzene rings is 1. The molecule has 1 aliphatic rings. The third-order valence-electron chi connectivity index (χ3n) is 4.00. The zero-order chi connectivity index (χ0) is 20.9. The van der Waals surface area contributed by atoms with E-state index in [-0.39, 0.29) is 11.6 Å². The number of nitrogens with zero attached hydrogens (tertiary/aromatic N) is 4. The van der Waals surface area contributed by atoms with Crippen LogP contribution >= 0.6 is 0 Å². The van der Waals surface area contributed by atoms with E-state index in [4.69, 9.17) is 5.11 Å². The quantitative estimate of drug-likeness (QED) is 0.583. The first-order valence-corrected chi connectivity index (χ1v) is 8.08. The maximum absolute atomic E-state index is 10.4. The fraction of sp³-hybridized carbons (Fsp3) is 0.600. The van der Waals surface area contributed by atoms with Crippen molar-refractivity contribution in [1.82, 2.24) is 4.90 Å². The molecule has 1 aromatic carbocycles. The molecule has 2 rings (SSSR count). The van der Waals surface area contributed by atoms with Crippen LogP contribution in [-0.2, 0) is 0 Å². The van der Waals surface area contributed by atoms with Crippen LogP contribution in [0.2, 0.25) is 0 Å². The van der Waals surface area contributed by atoms with E-state index >= 15 is 0 Å². The fourth-order valence-corrected chi connectivity index (χ4v) is 2.54. The summed E-state index contributed by atoms with van der Waals surface area (Å²) in [6.45, 7) is 8.59. The molecule has 12 nitrogen and oxygen atoms in total. The van der Waals surface area contributed by atoms with E-state index in [1.165, 1.54) is 0 Å². The minimum atomic E-state index is -1.21. The summed E-state index contributed by atoms with van der Waals surface area (Å²) >= 11 is 0. The molecule has 0 aromatic heterocycles. The van der Waals surface area contributed by atoms with Gasteiger partial charge in [-0.2, -0.15) is 0 Å². The number of hydrogen-bond acceptors (Lipinski definition) is 9. The van der Waals surface area contributed by atoms with Crippen LogP contribution in [0.1, 0.15) is 33.6 Å². The zero-order valence-corrected chi connectivity index (χ0v) is 15.2. The second kappa shape index (κ2) is 8.68. The number of phenols is 1. The van der Waals surface area contributed by atoms with Crippen LogP contribution in [0.4, 0.5) is 17.1 Å². The number of phenolic OH excluding ortho intramolecular Hbond substituents is 1. The number of nitro benzene ring substituents is 3. The predicted molar refractivity (Wildman–Crippen MR) is 94.6 cm³/mol. The Morgan fingerprint density at radius 3 is 1.81 bits per heavy atom. The molecule has 0 bridgehead atoms. The van der Waals surface area contributed by atoms with Gasteiger partial charge in [-0.15, -0.1) is 0 Å². The topological polar surface area (TPSA) is 173 Å². The van der Waals surface area contributed by atoms with E-state index in [9.17, 15) is 35.4 Å². The van der Waals surface area contributed by atoms with Gasteiger partial charge in [-0.25, -0.2) is 0 Å². The molecule has 1 atom stereocenters. The molecule has 1 aliphatic heterocycles. The molecule has 1 aromatic rings. The monoisotopic (exact) mass is 386 g/mol. The summed E-state index contributed by atoms with van der Waals surface area (Å²) in [4.78, 5) is 30.1. The Hall–Kier alpha value is -2.86. The Bertz CT molecular complexity index is 696. The number of rotatable bonds is 3. The van der Waals surface area contributed by atoms with Crippen molar-refractivity contribution in [3.05, 3.63) is 42.5 Å². The Kier molecular flexibility index (Phi) is 7.13. The highest BCUT2D eigenvalue weighted by Gasteiger charge is 2.30. The SMILES string of the molecule is CC(C)(C)N1CCCC(O)C1.O=[N+]([O-])c1cc([N+](=O)[O-])c(O)c([N+](=O)[O-])c1. The highest BCUT2D eigenvalue weighted by atomic mass is 16.6. The van der Waals surface area contributed by atoms with Crippen molar-refractivity contribution in [3.8, 4) is 5.75 Å². The molecular weight excluding hydrogens is 364 g/mol. The maximum atomic E-state index is 10.4. The first-order chi connectivity index (χ1) is 12.3. The van der Waals surface area contributed by atoms with Crippen molar-refractivity contribution in [2.45, 2.75) is 45.3 Å². The van der Waals surface area contributed by atoms with Gasteiger partial charge in [0, 0.05) is 12.1 Å². The molecular formula is C15H22N4O8. The molecule has 0 saturated carbocycles. The van der Waals surface area contributed by atoms with Crippen LogP contribution in [0.25, 0.3) is 0 Å². The Labute approximate surface area is 154 Å². The van der Waals surface area contributed by atoms with E-state index in [0.717, 1.165) is 25.9 Å². The number of aliphatic hydroxyl groups is 1. The van der Waals surface area contributed by atoms with E-state index in [1.54, 1.807) is 0 Å². The summed E-state index contributed by atoms with van der Waals surface area (Å²) in [6, 6.07) is 0.894. The summed E-state index contributed by atoms with van der Waals surface area (Å²) in [5.74, 6) is -1.21. The number of nitro groups is 3. The average molecular weight is 386 g/mol. The lowest BCUT2D eigenvalue weighted by molar-refractivity contribution is -0.404. The molecule has 12 heteroatoms. The third-order valence-corrected chi connectivity index (χ3v) is 4.00. The summed E-state index contributed by atoms with van der Waals surface area (Å²) in [5.41, 5.74) is -2.78. The van der Waals surface area contributed by atoms with Gasteiger partial charge in [-0.3, -0.25) is 35.2 Å². The van der Waals surface area contributed by atoms with E-state index < -0.39 is 37.6 Å². The average Bonchev–Trinajstić information content (AvgIpc) is 2.54. The highest BCUT2D eigenvalue weighted by molar-refractivity contribution is 5.64. The number of likely N-dealkylation sites (tertiary alicyclic amines) is 1. The molecule has 0 spiro atoms. The lowest BCUT2D eigenvalue weighted by Crippen LogP contribution is -2.48. The van der Waals surface area contributed by atoms with Crippen molar-refractivity contribution in [1.29, 1.82) is 0 Å². The predicted octanol–water partition coefficient (Wildman–Crippen LogP) is 2.36. The third kappa shape index (κ3) is 6.11. The van der Waals surface area contributed by atoms with Crippen LogP contribution in [0.5, 0.6) is 5.75 Å². The van der Waals surface area contributed by atoms with Gasteiger partial charge < -0.3 is 10.2 Å². The van der Waals surface area contributed by atoms with Gasteiger partial charge in [-0.05, 0) is 40.2 Å². The lowest BCUT2D eigenvalue weighted by Gasteiger charge is -2.40. The number of non-ortho nitro benzene ring substituents is 1. The second-order valence-corrected chi connectivity index (χ2v) is 7.02. The smallest absolute Gasteiger partial charge is 0.324 e.